The molecule has 2 aromatic rings. The van der Waals surface area contributed by atoms with Crippen LogP contribution in [0.4, 0.5) is 23.7 Å². The summed E-state index contributed by atoms with van der Waals surface area (Å²) in [6.45, 7) is 18.1. The molecule has 0 aromatic heterocycles. The van der Waals surface area contributed by atoms with Gasteiger partial charge in [-0.05, 0) is 98.9 Å². The molecule has 2 aromatic carbocycles. The van der Waals surface area contributed by atoms with Gasteiger partial charge in [-0.3, -0.25) is 53.0 Å². The molecule has 11 atom stereocenters. The smallest absolute Gasteiger partial charge is 0.480 e. The van der Waals surface area contributed by atoms with E-state index in [4.69, 9.17) is 25.1 Å². The van der Waals surface area contributed by atoms with Gasteiger partial charge in [0.25, 0.3) is 11.8 Å². The van der Waals surface area contributed by atoms with E-state index in [0.29, 0.717) is 70.1 Å². The molecule has 4 rings (SSSR count). The maximum Gasteiger partial charge on any atom is 0.490 e. The van der Waals surface area contributed by atoms with Crippen LogP contribution in [0, 0.1) is 29.6 Å². The van der Waals surface area contributed by atoms with E-state index in [9.17, 15) is 71.0 Å². The van der Waals surface area contributed by atoms with Crippen molar-refractivity contribution in [2.75, 3.05) is 66.4 Å². The Labute approximate surface area is 590 Å². The van der Waals surface area contributed by atoms with Gasteiger partial charge in [0.15, 0.2) is 0 Å². The Balaban J connectivity index is 0.00000358. The highest BCUT2D eigenvalue weighted by molar-refractivity contribution is 6.12. The first-order chi connectivity index (χ1) is 47.4. The molecule has 0 spiro atoms. The van der Waals surface area contributed by atoms with Crippen LogP contribution in [0.1, 0.15) is 138 Å². The Kier molecular flexibility index (Phi) is 36.1. The van der Waals surface area contributed by atoms with Gasteiger partial charge in [-0.25, -0.2) is 14.4 Å². The van der Waals surface area contributed by atoms with Crippen LogP contribution in [-0.4, -0.2) is 223 Å². The van der Waals surface area contributed by atoms with Crippen LogP contribution in [0.15, 0.2) is 66.7 Å². The lowest BCUT2D eigenvalue weighted by Gasteiger charge is -2.41. The molecule has 11 amide bonds. The quantitative estimate of drug-likeness (QED) is 0.0313. The number of likely N-dealkylation sites (N-methyl/N-ethyl adjacent to an activating group) is 3. The SMILES string of the molecule is CC[C@H](C)[C@@H]([C@@H](CC(=O)N1CCC[C@H]1[C@H](OC)[C@@H](C)C(=O)N[C@@H](Cc1ccccc1)C(=O)O)OC)N(C)C(=O)[C@@H](NC(=O)[C@H](C(C)C)N(C)CCc1ccc(N(C)C(=O)[C@H](CCCNC(N)=O)NC(=O)[C@@H](NC(=O)CCCCCN2C(=O)C=CC2=O)C(C)C)cc1)C(C)C.O=C(O)C(F)(F)F. The highest BCUT2D eigenvalue weighted by atomic mass is 19.4. The lowest BCUT2D eigenvalue weighted by molar-refractivity contribution is -0.192. The molecule has 0 unspecified atom stereocenters. The minimum absolute atomic E-state index is 0.0899. The number of nitrogens with zero attached hydrogens (tertiary/aromatic N) is 5. The van der Waals surface area contributed by atoms with Crippen molar-refractivity contribution in [1.82, 2.24) is 46.2 Å². The Hall–Kier alpha value is -8.51. The Bertz CT molecular complexity index is 3100. The molecule has 9 N–H and O–H groups in total. The number of ether oxygens (including phenoxy) is 2. The fraction of sp³-hybridized carbons (Fsp3) is 0.634. The first-order valence-electron chi connectivity index (χ1n) is 34.4. The zero-order valence-electron chi connectivity index (χ0n) is 60.8. The van der Waals surface area contributed by atoms with Crippen molar-refractivity contribution in [1.29, 1.82) is 0 Å². The lowest BCUT2D eigenvalue weighted by Crippen LogP contribution is -2.60. The van der Waals surface area contributed by atoms with Gasteiger partial charge in [-0.15, -0.1) is 0 Å². The third-order valence-corrected chi connectivity index (χ3v) is 18.4. The number of unbranched alkanes of at least 4 members (excludes halogenated alkanes) is 2. The van der Waals surface area contributed by atoms with Crippen LogP contribution in [0.2, 0.25) is 0 Å². The number of rotatable bonds is 40. The second-order valence-electron chi connectivity index (χ2n) is 27.0. The van der Waals surface area contributed by atoms with E-state index in [1.54, 1.807) is 81.1 Å². The van der Waals surface area contributed by atoms with Gasteiger partial charge < -0.3 is 66.7 Å². The fourth-order valence-corrected chi connectivity index (χ4v) is 12.5. The molecule has 1 saturated heterocycles. The number of amides is 11. The molecule has 0 bridgehead atoms. The third-order valence-electron chi connectivity index (χ3n) is 18.4. The molecule has 27 nitrogen and oxygen atoms in total. The van der Waals surface area contributed by atoms with Crippen molar-refractivity contribution in [3.05, 3.63) is 77.9 Å². The number of methoxy groups -OCH3 is 2. The summed E-state index contributed by atoms with van der Waals surface area (Å²) in [6.07, 6.45) is 0.301. The van der Waals surface area contributed by atoms with E-state index < -0.39 is 102 Å². The van der Waals surface area contributed by atoms with Crippen molar-refractivity contribution in [3.8, 4) is 0 Å². The number of nitrogens with two attached hydrogens (primary N) is 1. The Morgan fingerprint density at radius 1 is 0.703 bits per heavy atom. The number of alkyl halides is 3. The second kappa shape index (κ2) is 42.0. The topological polar surface area (TPSA) is 366 Å². The number of benzene rings is 2. The number of carboxylic acid groups (broad SMARTS) is 2. The van der Waals surface area contributed by atoms with Crippen molar-refractivity contribution in [2.24, 2.45) is 35.3 Å². The van der Waals surface area contributed by atoms with E-state index >= 15 is 0 Å². The fourth-order valence-electron chi connectivity index (χ4n) is 12.5. The molecule has 2 aliphatic rings. The molecular weight excluding hydrogens is 1320 g/mol. The zero-order chi connectivity index (χ0) is 76.2. The number of likely N-dealkylation sites (tertiary alicyclic amines) is 1. The van der Waals surface area contributed by atoms with E-state index in [2.05, 4.69) is 26.6 Å². The van der Waals surface area contributed by atoms with Gasteiger partial charge in [0.1, 0.15) is 24.2 Å². The van der Waals surface area contributed by atoms with Crippen molar-refractivity contribution in [2.45, 2.75) is 200 Å². The van der Waals surface area contributed by atoms with Gasteiger partial charge in [-0.2, -0.15) is 13.2 Å². The summed E-state index contributed by atoms with van der Waals surface area (Å²) in [5.74, 6) is -9.27. The van der Waals surface area contributed by atoms with Crippen LogP contribution in [-0.2, 0) is 75.1 Å². The molecule has 0 radical (unpaired) electrons. The number of nitrogens with one attached hydrogen (secondary N) is 5. The van der Waals surface area contributed by atoms with Gasteiger partial charge in [0.2, 0.25) is 41.4 Å². The maximum atomic E-state index is 14.9. The Morgan fingerprint density at radius 3 is 1.82 bits per heavy atom. The molecule has 564 valence electrons. The number of anilines is 1. The van der Waals surface area contributed by atoms with Crippen LogP contribution in [0.3, 0.4) is 0 Å². The summed E-state index contributed by atoms with van der Waals surface area (Å²) >= 11 is 0. The molecule has 0 saturated carbocycles. The number of primary amides is 1. The zero-order valence-corrected chi connectivity index (χ0v) is 60.8. The molecule has 101 heavy (non-hydrogen) atoms. The summed E-state index contributed by atoms with van der Waals surface area (Å²) in [6, 6.07) is 9.74. The number of aliphatic carboxylic acids is 2. The summed E-state index contributed by atoms with van der Waals surface area (Å²) in [7, 11) is 8.11. The van der Waals surface area contributed by atoms with E-state index in [0.717, 1.165) is 16.0 Å². The number of hydrogen-bond donors (Lipinski definition) is 8. The summed E-state index contributed by atoms with van der Waals surface area (Å²) < 4.78 is 43.8. The summed E-state index contributed by atoms with van der Waals surface area (Å²) in [5.41, 5.74) is 7.49. The lowest BCUT2D eigenvalue weighted by atomic mass is 9.89. The first-order valence-corrected chi connectivity index (χ1v) is 34.4. The monoisotopic (exact) mass is 1430 g/mol. The van der Waals surface area contributed by atoms with Crippen LogP contribution < -0.4 is 37.2 Å². The first kappa shape index (κ1) is 86.7. The standard InChI is InChI=1S/C69H107N11O14.C2HF3O2/c1-15-45(8)61(53(93-13)41-57(84)79-38-23-27-52(79)62(94-14)46(9)63(85)73-51(68(90)91)40-48-24-18-16-19-25-48)78(12)67(89)59(43(4)5)75-65(87)60(44(6)7)76(10)39-35-47-29-31-49(32-30-47)77(11)66(88)50(26-22-36-71-69(70)92)72-64(86)58(42(2)3)74-54(81)28-20-17-21-37-80-55(82)33-34-56(80)83;3-2(4,5)1(6)7/h16,18-19,24-25,29-34,42-46,50-53,58-62H,15,17,20-23,26-28,35-41H2,1-14H3,(H,72,86)(H,73,85)(H,74,81)(H,75,87)(H,90,91)(H3,70,71,92);(H,6,7)/t45-,46+,50-,51-,52-,53+,58-,59-,60-,61-,62+;/m0./s1. The Morgan fingerprint density at radius 2 is 1.30 bits per heavy atom. The minimum Gasteiger partial charge on any atom is -0.480 e. The van der Waals surface area contributed by atoms with Crippen molar-refractivity contribution in [3.63, 3.8) is 0 Å². The number of hydrogen-bond acceptors (Lipinski definition) is 15. The second-order valence-corrected chi connectivity index (χ2v) is 27.0. The molecule has 2 aliphatic heterocycles. The van der Waals surface area contributed by atoms with Crippen LogP contribution in [0.25, 0.3) is 0 Å². The van der Waals surface area contributed by atoms with E-state index in [-0.39, 0.29) is 97.9 Å². The van der Waals surface area contributed by atoms with Gasteiger partial charge in [0, 0.05) is 85.2 Å². The number of imide groups is 1. The predicted molar refractivity (Wildman–Crippen MR) is 371 cm³/mol. The van der Waals surface area contributed by atoms with Gasteiger partial charge in [-0.1, -0.05) is 118 Å². The average Bonchev–Trinajstić information content (AvgIpc) is 1.80. The normalized spacial score (nSPS) is 16.8. The maximum absolute atomic E-state index is 14.9. The van der Waals surface area contributed by atoms with Crippen molar-refractivity contribution >= 4 is 76.8 Å². The largest absolute Gasteiger partial charge is 0.490 e. The van der Waals surface area contributed by atoms with Gasteiger partial charge >= 0.3 is 24.1 Å². The third kappa shape index (κ3) is 27.1. The average molecular weight is 1430 g/mol. The summed E-state index contributed by atoms with van der Waals surface area (Å²) in [5, 5.41) is 31.1. The minimum atomic E-state index is -5.08. The van der Waals surface area contributed by atoms with Crippen molar-refractivity contribution < 1.29 is 90.4 Å². The molecule has 2 heterocycles. The van der Waals surface area contributed by atoms with E-state index in [1.165, 1.54) is 31.3 Å². The number of urea groups is 1. The number of carbonyl (C=O) groups is 12. The molecular formula is C71H108F3N11O16. The molecule has 1 fully saturated rings. The predicted octanol–water partition coefficient (Wildman–Crippen LogP) is 5.21. The molecule has 30 heteroatoms. The van der Waals surface area contributed by atoms with E-state index in [1.807, 2.05) is 71.7 Å². The van der Waals surface area contributed by atoms with Crippen LogP contribution >= 0.6 is 0 Å². The summed E-state index contributed by atoms with van der Waals surface area (Å²) in [4.78, 5) is 163. The number of carboxylic acids is 2. The number of carbonyl (C=O) groups excluding carboxylic acids is 10. The molecule has 0 aliphatic carbocycles. The van der Waals surface area contributed by atoms with Gasteiger partial charge in [0.05, 0.1) is 42.7 Å². The highest BCUT2D eigenvalue weighted by Crippen LogP contribution is 2.31. The number of halogens is 3. The van der Waals surface area contributed by atoms with Crippen LogP contribution in [0.5, 0.6) is 0 Å². The highest BCUT2D eigenvalue weighted by Gasteiger charge is 2.44.